The molecule has 1 amide bonds. The van der Waals surface area contributed by atoms with Crippen molar-refractivity contribution >= 4 is 16.9 Å². The predicted octanol–water partition coefficient (Wildman–Crippen LogP) is 4.99. The molecule has 156 valence electrons. The summed E-state index contributed by atoms with van der Waals surface area (Å²) in [4.78, 5) is 22.9. The third-order valence-corrected chi connectivity index (χ3v) is 5.98. The van der Waals surface area contributed by atoms with Crippen LogP contribution in [0.15, 0.2) is 66.5 Å². The summed E-state index contributed by atoms with van der Waals surface area (Å²) in [6.07, 6.45) is 6.83. The molecule has 30 heavy (non-hydrogen) atoms. The van der Waals surface area contributed by atoms with E-state index in [0.29, 0.717) is 12.2 Å². The van der Waals surface area contributed by atoms with E-state index in [4.69, 9.17) is 0 Å². The van der Waals surface area contributed by atoms with Crippen LogP contribution in [0.4, 0.5) is 0 Å². The van der Waals surface area contributed by atoms with Crippen molar-refractivity contribution in [1.29, 1.82) is 0 Å². The lowest BCUT2D eigenvalue weighted by atomic mass is 9.91. The van der Waals surface area contributed by atoms with Gasteiger partial charge in [0.1, 0.15) is 5.69 Å². The van der Waals surface area contributed by atoms with Crippen LogP contribution in [-0.2, 0) is 5.54 Å². The summed E-state index contributed by atoms with van der Waals surface area (Å²) in [5, 5.41) is 3.73. The van der Waals surface area contributed by atoms with Gasteiger partial charge in [-0.3, -0.25) is 9.78 Å². The first kappa shape index (κ1) is 20.2. The lowest BCUT2D eigenvalue weighted by Gasteiger charge is -2.37. The van der Waals surface area contributed by atoms with Gasteiger partial charge >= 0.3 is 0 Å². The second-order valence-corrected chi connectivity index (χ2v) is 8.49. The molecule has 5 heteroatoms. The van der Waals surface area contributed by atoms with E-state index < -0.39 is 0 Å². The van der Waals surface area contributed by atoms with Gasteiger partial charge in [0.15, 0.2) is 0 Å². The summed E-state index contributed by atoms with van der Waals surface area (Å²) in [6, 6.07) is 16.4. The first-order valence-electron chi connectivity index (χ1n) is 10.8. The van der Waals surface area contributed by atoms with Gasteiger partial charge < -0.3 is 15.2 Å². The molecule has 1 aliphatic rings. The minimum absolute atomic E-state index is 0.0454. The first-order chi connectivity index (χ1) is 14.5. The highest BCUT2D eigenvalue weighted by atomic mass is 16.2. The Bertz CT molecular complexity index is 1020. The van der Waals surface area contributed by atoms with Crippen LogP contribution in [0.5, 0.6) is 0 Å². The maximum absolute atomic E-state index is 13.3. The van der Waals surface area contributed by atoms with Gasteiger partial charge in [-0.05, 0) is 57.4 Å². The van der Waals surface area contributed by atoms with Crippen LogP contribution in [0, 0.1) is 0 Å². The van der Waals surface area contributed by atoms with Crippen molar-refractivity contribution in [3.8, 4) is 0 Å². The topological polar surface area (TPSA) is 61.0 Å². The zero-order valence-electron chi connectivity index (χ0n) is 18.0. The SMILES string of the molecule is CCN(C(=O)c1cc2ncccc2[nH]1)C1CCC=C(NC(C)(C)c2ccccc2)C1. The smallest absolute Gasteiger partial charge is 0.270 e. The molecule has 0 spiro atoms. The van der Waals surface area contributed by atoms with Crippen molar-refractivity contribution in [3.63, 3.8) is 0 Å². The summed E-state index contributed by atoms with van der Waals surface area (Å²) in [5.74, 6) is 0.0454. The fourth-order valence-corrected chi connectivity index (χ4v) is 4.38. The molecule has 0 radical (unpaired) electrons. The molecule has 2 heterocycles. The molecule has 0 fully saturated rings. The average Bonchev–Trinajstić information content (AvgIpc) is 3.19. The minimum atomic E-state index is -0.168. The van der Waals surface area contributed by atoms with Gasteiger partial charge in [0.25, 0.3) is 5.91 Å². The summed E-state index contributed by atoms with van der Waals surface area (Å²) < 4.78 is 0. The summed E-state index contributed by atoms with van der Waals surface area (Å²) >= 11 is 0. The molecular formula is C25H30N4O. The van der Waals surface area contributed by atoms with Crippen LogP contribution in [0.2, 0.25) is 0 Å². The number of nitrogens with zero attached hydrogens (tertiary/aromatic N) is 2. The molecule has 4 rings (SSSR count). The molecule has 2 N–H and O–H groups in total. The molecule has 1 unspecified atom stereocenters. The Kier molecular flexibility index (Phi) is 5.62. The number of nitrogens with one attached hydrogen (secondary N) is 2. The quantitative estimate of drug-likeness (QED) is 0.611. The maximum atomic E-state index is 13.3. The standard InChI is InChI=1S/C25H30N4O/c1-4-29(24(30)23-17-22-21(27-23)14-9-15-26-22)20-13-8-12-19(16-20)28-25(2,3)18-10-6-5-7-11-18/h5-7,9-12,14-15,17,20,27-28H,4,8,13,16H2,1-3H3. The Morgan fingerprint density at radius 1 is 1.23 bits per heavy atom. The van der Waals surface area contributed by atoms with Crippen LogP contribution in [-0.4, -0.2) is 33.4 Å². The molecule has 2 aromatic heterocycles. The molecule has 1 aliphatic carbocycles. The van der Waals surface area contributed by atoms with Gasteiger partial charge in [-0.25, -0.2) is 0 Å². The largest absolute Gasteiger partial charge is 0.380 e. The van der Waals surface area contributed by atoms with E-state index in [1.54, 1.807) is 6.20 Å². The highest BCUT2D eigenvalue weighted by Crippen LogP contribution is 2.28. The number of rotatable bonds is 6. The average molecular weight is 403 g/mol. The van der Waals surface area contributed by atoms with Crippen LogP contribution in [0.3, 0.4) is 0 Å². The number of amides is 1. The molecule has 5 nitrogen and oxygen atoms in total. The summed E-state index contributed by atoms with van der Waals surface area (Å²) in [6.45, 7) is 7.14. The number of benzene rings is 1. The third kappa shape index (κ3) is 4.11. The predicted molar refractivity (Wildman–Crippen MR) is 121 cm³/mol. The minimum Gasteiger partial charge on any atom is -0.380 e. The first-order valence-corrected chi connectivity index (χ1v) is 10.8. The van der Waals surface area contributed by atoms with Gasteiger partial charge in [-0.15, -0.1) is 0 Å². The second-order valence-electron chi connectivity index (χ2n) is 8.49. The number of carbonyl (C=O) groups is 1. The van der Waals surface area contributed by atoms with E-state index >= 15 is 0 Å². The molecule has 1 aromatic carbocycles. The van der Waals surface area contributed by atoms with Gasteiger partial charge in [-0.1, -0.05) is 36.4 Å². The van der Waals surface area contributed by atoms with Gasteiger partial charge in [-0.2, -0.15) is 0 Å². The number of allylic oxidation sites excluding steroid dienone is 1. The Hall–Kier alpha value is -3.08. The van der Waals surface area contributed by atoms with Gasteiger partial charge in [0.2, 0.25) is 0 Å². The molecule has 0 saturated carbocycles. The molecular weight excluding hydrogens is 372 g/mol. The third-order valence-electron chi connectivity index (χ3n) is 5.98. The van der Waals surface area contributed by atoms with E-state index in [2.05, 4.69) is 66.4 Å². The molecule has 1 atom stereocenters. The van der Waals surface area contributed by atoms with Crippen LogP contribution in [0.25, 0.3) is 11.0 Å². The number of aromatic nitrogens is 2. The Morgan fingerprint density at radius 2 is 2.03 bits per heavy atom. The normalized spacial score (nSPS) is 16.9. The number of carbonyl (C=O) groups excluding carboxylic acids is 1. The molecule has 0 saturated heterocycles. The van der Waals surface area contributed by atoms with E-state index in [9.17, 15) is 4.79 Å². The van der Waals surface area contributed by atoms with Crippen molar-refractivity contribution in [1.82, 2.24) is 20.2 Å². The van der Waals surface area contributed by atoms with Crippen molar-refractivity contribution < 1.29 is 4.79 Å². The van der Waals surface area contributed by atoms with Crippen LogP contribution >= 0.6 is 0 Å². The van der Waals surface area contributed by atoms with Gasteiger partial charge in [0, 0.05) is 30.9 Å². The van der Waals surface area contributed by atoms with E-state index in [1.807, 2.05) is 29.2 Å². The summed E-state index contributed by atoms with van der Waals surface area (Å²) in [7, 11) is 0. The number of H-pyrrole nitrogens is 1. The van der Waals surface area contributed by atoms with Crippen molar-refractivity contribution in [2.45, 2.75) is 51.6 Å². The molecule has 0 bridgehead atoms. The Labute approximate surface area is 178 Å². The van der Waals surface area contributed by atoms with E-state index in [1.165, 1.54) is 11.3 Å². The monoisotopic (exact) mass is 402 g/mol. The summed E-state index contributed by atoms with van der Waals surface area (Å²) in [5.41, 5.74) is 4.63. The maximum Gasteiger partial charge on any atom is 0.270 e. The van der Waals surface area contributed by atoms with Crippen molar-refractivity contribution in [3.05, 3.63) is 77.8 Å². The second kappa shape index (κ2) is 8.34. The molecule has 3 aromatic rings. The zero-order valence-corrected chi connectivity index (χ0v) is 18.0. The van der Waals surface area contributed by atoms with Crippen LogP contribution in [0.1, 0.15) is 56.1 Å². The van der Waals surface area contributed by atoms with Crippen LogP contribution < -0.4 is 5.32 Å². The van der Waals surface area contributed by atoms with Crippen molar-refractivity contribution in [2.75, 3.05) is 6.54 Å². The highest BCUT2D eigenvalue weighted by Gasteiger charge is 2.29. The fraction of sp³-hybridized carbons (Fsp3) is 0.360. The number of pyridine rings is 1. The lowest BCUT2D eigenvalue weighted by molar-refractivity contribution is 0.0668. The zero-order chi connectivity index (χ0) is 21.1. The number of fused-ring (bicyclic) bond motifs is 1. The molecule has 0 aliphatic heterocycles. The van der Waals surface area contributed by atoms with Gasteiger partial charge in [0.05, 0.1) is 16.6 Å². The van der Waals surface area contributed by atoms with Crippen molar-refractivity contribution in [2.24, 2.45) is 0 Å². The number of aromatic amines is 1. The van der Waals surface area contributed by atoms with E-state index in [0.717, 1.165) is 30.3 Å². The highest BCUT2D eigenvalue weighted by molar-refractivity contribution is 5.97. The number of hydrogen-bond acceptors (Lipinski definition) is 3. The number of hydrogen-bond donors (Lipinski definition) is 2. The lowest BCUT2D eigenvalue weighted by Crippen LogP contribution is -2.44. The Morgan fingerprint density at radius 3 is 2.77 bits per heavy atom. The van der Waals surface area contributed by atoms with E-state index in [-0.39, 0.29) is 17.5 Å². The fourth-order valence-electron chi connectivity index (χ4n) is 4.38. The Balaban J connectivity index is 1.49.